The summed E-state index contributed by atoms with van der Waals surface area (Å²) in [5, 5.41) is 11.6. The highest BCUT2D eigenvalue weighted by molar-refractivity contribution is 6.30. The molecule has 2 rings (SSSR count). The highest BCUT2D eigenvalue weighted by atomic mass is 35.5. The highest BCUT2D eigenvalue weighted by Crippen LogP contribution is 2.23. The summed E-state index contributed by atoms with van der Waals surface area (Å²) in [5.74, 6) is -1.12. The van der Waals surface area contributed by atoms with Gasteiger partial charge in [0, 0.05) is 16.4 Å². The van der Waals surface area contributed by atoms with Gasteiger partial charge in [-0.05, 0) is 36.4 Å². The molecule has 0 bridgehead atoms. The second kappa shape index (κ2) is 5.03. The second-order valence-electron chi connectivity index (χ2n) is 3.59. The molecule has 90 valence electrons. The molecular weight excluding hydrogens is 258 g/mol. The van der Waals surface area contributed by atoms with Gasteiger partial charge in [-0.2, -0.15) is 5.26 Å². The van der Waals surface area contributed by atoms with Crippen molar-refractivity contribution in [3.8, 4) is 6.07 Å². The van der Waals surface area contributed by atoms with E-state index in [9.17, 15) is 8.78 Å². The first-order valence-corrected chi connectivity index (χ1v) is 5.39. The number of hydrogen-bond acceptors (Lipinski definition) is 2. The molecule has 5 heteroatoms. The largest absolute Gasteiger partial charge is 0.355 e. The van der Waals surface area contributed by atoms with Gasteiger partial charge in [-0.15, -0.1) is 0 Å². The maximum atomic E-state index is 13.3. The van der Waals surface area contributed by atoms with Crippen LogP contribution in [-0.4, -0.2) is 0 Å². The summed E-state index contributed by atoms with van der Waals surface area (Å²) < 4.78 is 26.4. The molecule has 0 aromatic heterocycles. The van der Waals surface area contributed by atoms with E-state index < -0.39 is 11.6 Å². The number of anilines is 2. The van der Waals surface area contributed by atoms with E-state index in [0.29, 0.717) is 11.4 Å². The van der Waals surface area contributed by atoms with Crippen LogP contribution in [0.25, 0.3) is 0 Å². The third-order valence-electron chi connectivity index (χ3n) is 2.24. The summed E-state index contributed by atoms with van der Waals surface area (Å²) in [6, 6.07) is 9.68. The minimum Gasteiger partial charge on any atom is -0.355 e. The molecular formula is C13H7ClF2N2. The predicted octanol–water partition coefficient (Wildman–Crippen LogP) is 4.23. The molecule has 2 aromatic rings. The molecule has 0 radical (unpaired) electrons. The van der Waals surface area contributed by atoms with E-state index in [2.05, 4.69) is 5.32 Å². The van der Waals surface area contributed by atoms with Crippen molar-refractivity contribution in [1.29, 1.82) is 5.26 Å². The van der Waals surface area contributed by atoms with Crippen LogP contribution in [0.5, 0.6) is 0 Å². The summed E-state index contributed by atoms with van der Waals surface area (Å²) >= 11 is 5.70. The van der Waals surface area contributed by atoms with E-state index >= 15 is 0 Å². The summed E-state index contributed by atoms with van der Waals surface area (Å²) in [5.41, 5.74) is 0.773. The van der Waals surface area contributed by atoms with Crippen molar-refractivity contribution < 1.29 is 8.78 Å². The molecule has 0 aliphatic rings. The first-order chi connectivity index (χ1) is 8.58. The van der Waals surface area contributed by atoms with Gasteiger partial charge < -0.3 is 5.32 Å². The summed E-state index contributed by atoms with van der Waals surface area (Å²) in [7, 11) is 0. The molecule has 0 saturated heterocycles. The van der Waals surface area contributed by atoms with E-state index in [1.54, 1.807) is 6.07 Å². The van der Waals surface area contributed by atoms with Gasteiger partial charge >= 0.3 is 0 Å². The number of rotatable bonds is 2. The van der Waals surface area contributed by atoms with Gasteiger partial charge in [-0.25, -0.2) is 8.78 Å². The average Bonchev–Trinajstić information content (AvgIpc) is 2.27. The molecule has 0 unspecified atom stereocenters. The molecule has 0 aliphatic carbocycles. The van der Waals surface area contributed by atoms with Crippen LogP contribution in [0.2, 0.25) is 5.02 Å². The van der Waals surface area contributed by atoms with Gasteiger partial charge in [0.25, 0.3) is 0 Å². The van der Waals surface area contributed by atoms with Crippen LogP contribution < -0.4 is 5.32 Å². The maximum Gasteiger partial charge on any atom is 0.143 e. The molecule has 1 N–H and O–H groups in total. The number of nitrogens with one attached hydrogen (secondary N) is 1. The lowest BCUT2D eigenvalue weighted by molar-refractivity contribution is 0.624. The van der Waals surface area contributed by atoms with Crippen LogP contribution in [-0.2, 0) is 0 Å². The Morgan fingerprint density at radius 3 is 2.44 bits per heavy atom. The molecule has 0 heterocycles. The lowest BCUT2D eigenvalue weighted by Crippen LogP contribution is -1.93. The summed E-state index contributed by atoms with van der Waals surface area (Å²) in [6.07, 6.45) is 0. The fraction of sp³-hybridized carbons (Fsp3) is 0. The predicted molar refractivity (Wildman–Crippen MR) is 65.8 cm³/mol. The van der Waals surface area contributed by atoms with Crippen LogP contribution in [0.1, 0.15) is 5.56 Å². The van der Waals surface area contributed by atoms with Crippen LogP contribution in [0.4, 0.5) is 20.2 Å². The topological polar surface area (TPSA) is 35.8 Å². The number of nitriles is 1. The van der Waals surface area contributed by atoms with Crippen molar-refractivity contribution in [3.05, 3.63) is 58.6 Å². The molecule has 0 aliphatic heterocycles. The third kappa shape index (κ3) is 2.76. The van der Waals surface area contributed by atoms with E-state index in [-0.39, 0.29) is 10.6 Å². The molecule has 2 nitrogen and oxygen atoms in total. The number of halogens is 3. The third-order valence-corrected chi connectivity index (χ3v) is 2.46. The number of hydrogen-bond donors (Lipinski definition) is 1. The Hall–Kier alpha value is -2.12. The summed E-state index contributed by atoms with van der Waals surface area (Å²) in [4.78, 5) is 0. The van der Waals surface area contributed by atoms with Gasteiger partial charge in [0.2, 0.25) is 0 Å². The fourth-order valence-corrected chi connectivity index (χ4v) is 1.70. The van der Waals surface area contributed by atoms with Crippen molar-refractivity contribution >= 4 is 23.0 Å². The Labute approximate surface area is 107 Å². The molecule has 0 saturated carbocycles. The molecule has 2 aromatic carbocycles. The Bertz CT molecular complexity index is 615. The minimum absolute atomic E-state index is 0.0437. The van der Waals surface area contributed by atoms with Crippen molar-refractivity contribution in [2.75, 3.05) is 5.32 Å². The van der Waals surface area contributed by atoms with Crippen molar-refractivity contribution in [1.82, 2.24) is 0 Å². The monoisotopic (exact) mass is 264 g/mol. The Morgan fingerprint density at radius 2 is 1.83 bits per heavy atom. The number of nitrogens with zero attached hydrogens (tertiary/aromatic N) is 1. The van der Waals surface area contributed by atoms with Crippen LogP contribution >= 0.6 is 11.6 Å². The lowest BCUT2D eigenvalue weighted by atomic mass is 10.2. The number of benzene rings is 2. The van der Waals surface area contributed by atoms with E-state index in [4.69, 9.17) is 16.9 Å². The van der Waals surface area contributed by atoms with Gasteiger partial charge in [0.1, 0.15) is 17.7 Å². The van der Waals surface area contributed by atoms with Crippen LogP contribution in [0.3, 0.4) is 0 Å². The standard InChI is InChI=1S/C13H7ClF2N2/c14-9-3-10(15)5-12(4-9)18-11-2-1-8(7-17)13(16)6-11/h1-6,18H. The Kier molecular flexibility index (Phi) is 3.45. The zero-order chi connectivity index (χ0) is 13.1. The molecule has 0 fully saturated rings. The van der Waals surface area contributed by atoms with Gasteiger partial charge in [0.05, 0.1) is 5.56 Å². The fourth-order valence-electron chi connectivity index (χ4n) is 1.48. The SMILES string of the molecule is N#Cc1ccc(Nc2cc(F)cc(Cl)c2)cc1F. The zero-order valence-electron chi connectivity index (χ0n) is 9.05. The van der Waals surface area contributed by atoms with Gasteiger partial charge in [0.15, 0.2) is 0 Å². The second-order valence-corrected chi connectivity index (χ2v) is 4.03. The van der Waals surface area contributed by atoms with Crippen LogP contribution in [0.15, 0.2) is 36.4 Å². The smallest absolute Gasteiger partial charge is 0.143 e. The highest BCUT2D eigenvalue weighted by Gasteiger charge is 2.04. The molecule has 0 atom stereocenters. The maximum absolute atomic E-state index is 13.3. The lowest BCUT2D eigenvalue weighted by Gasteiger charge is -2.07. The van der Waals surface area contributed by atoms with Gasteiger partial charge in [-0.3, -0.25) is 0 Å². The molecule has 0 spiro atoms. The first kappa shape index (κ1) is 12.3. The first-order valence-electron chi connectivity index (χ1n) is 5.01. The van der Waals surface area contributed by atoms with Crippen LogP contribution in [0, 0.1) is 23.0 Å². The van der Waals surface area contributed by atoms with E-state index in [1.165, 1.54) is 30.3 Å². The van der Waals surface area contributed by atoms with E-state index in [0.717, 1.165) is 6.07 Å². The minimum atomic E-state index is -0.634. The van der Waals surface area contributed by atoms with Crippen molar-refractivity contribution in [3.63, 3.8) is 0 Å². The Balaban J connectivity index is 2.29. The summed E-state index contributed by atoms with van der Waals surface area (Å²) in [6.45, 7) is 0. The molecule has 18 heavy (non-hydrogen) atoms. The Morgan fingerprint density at radius 1 is 1.06 bits per heavy atom. The van der Waals surface area contributed by atoms with Crippen molar-refractivity contribution in [2.45, 2.75) is 0 Å². The molecule has 0 amide bonds. The average molecular weight is 265 g/mol. The van der Waals surface area contributed by atoms with E-state index in [1.807, 2.05) is 0 Å². The van der Waals surface area contributed by atoms with Gasteiger partial charge in [-0.1, -0.05) is 11.6 Å². The quantitative estimate of drug-likeness (QED) is 0.881. The van der Waals surface area contributed by atoms with Crippen molar-refractivity contribution in [2.24, 2.45) is 0 Å². The normalized spacial score (nSPS) is 9.89. The zero-order valence-corrected chi connectivity index (χ0v) is 9.80.